The number of fused-ring (bicyclic) bond motifs is 1. The summed E-state index contributed by atoms with van der Waals surface area (Å²) in [6, 6.07) is 12.1. The second kappa shape index (κ2) is 8.00. The van der Waals surface area contributed by atoms with Gasteiger partial charge in [-0.05, 0) is 66.8 Å². The van der Waals surface area contributed by atoms with Crippen molar-refractivity contribution < 1.29 is 14.3 Å². The summed E-state index contributed by atoms with van der Waals surface area (Å²) in [5.74, 6) is 1.43. The minimum atomic E-state index is -0.0747. The van der Waals surface area contributed by atoms with E-state index >= 15 is 0 Å². The Kier molecular flexibility index (Phi) is 5.28. The monoisotopic (exact) mass is 381 g/mol. The molecule has 0 unspecified atom stereocenters. The third-order valence-electron chi connectivity index (χ3n) is 5.60. The molecule has 0 radical (unpaired) electrons. The summed E-state index contributed by atoms with van der Waals surface area (Å²) in [6.07, 6.45) is 3.31. The average Bonchev–Trinajstić information content (AvgIpc) is 3.27. The third-order valence-corrected chi connectivity index (χ3v) is 5.60. The van der Waals surface area contributed by atoms with Crippen molar-refractivity contribution >= 4 is 17.4 Å². The first-order valence-electron chi connectivity index (χ1n) is 9.82. The summed E-state index contributed by atoms with van der Waals surface area (Å²) in [4.78, 5) is 17.0. The van der Waals surface area contributed by atoms with Crippen molar-refractivity contribution in [2.45, 2.75) is 25.8 Å². The molecular formula is C22H27N3O3. The topological polar surface area (TPSA) is 54.0 Å². The summed E-state index contributed by atoms with van der Waals surface area (Å²) >= 11 is 0. The molecule has 1 N–H and O–H groups in total. The number of methoxy groups -OCH3 is 2. The fourth-order valence-corrected chi connectivity index (χ4v) is 3.99. The molecule has 0 atom stereocenters. The molecule has 0 saturated carbocycles. The number of amides is 2. The maximum atomic E-state index is 12.7. The second-order valence-electron chi connectivity index (χ2n) is 7.32. The molecule has 0 aliphatic carbocycles. The van der Waals surface area contributed by atoms with Gasteiger partial charge in [-0.15, -0.1) is 0 Å². The summed E-state index contributed by atoms with van der Waals surface area (Å²) < 4.78 is 10.8. The van der Waals surface area contributed by atoms with Crippen LogP contribution in [0.5, 0.6) is 11.5 Å². The van der Waals surface area contributed by atoms with Crippen molar-refractivity contribution in [1.82, 2.24) is 4.90 Å². The molecule has 6 nitrogen and oxygen atoms in total. The van der Waals surface area contributed by atoms with Crippen LogP contribution in [0.3, 0.4) is 0 Å². The highest BCUT2D eigenvalue weighted by Crippen LogP contribution is 2.33. The number of nitrogens with one attached hydrogen (secondary N) is 1. The van der Waals surface area contributed by atoms with E-state index in [0.717, 1.165) is 36.5 Å². The van der Waals surface area contributed by atoms with Gasteiger partial charge in [-0.3, -0.25) is 0 Å². The maximum Gasteiger partial charge on any atom is 0.322 e. The molecule has 1 fully saturated rings. The number of carbonyl (C=O) groups is 1. The molecule has 2 aliphatic rings. The smallest absolute Gasteiger partial charge is 0.322 e. The van der Waals surface area contributed by atoms with Crippen molar-refractivity contribution in [2.75, 3.05) is 44.1 Å². The van der Waals surface area contributed by atoms with Crippen molar-refractivity contribution in [3.8, 4) is 11.5 Å². The van der Waals surface area contributed by atoms with Gasteiger partial charge in [0.25, 0.3) is 0 Å². The minimum Gasteiger partial charge on any atom is -0.493 e. The summed E-state index contributed by atoms with van der Waals surface area (Å²) in [5.41, 5.74) is 4.36. The second-order valence-corrected chi connectivity index (χ2v) is 7.32. The molecule has 2 aromatic carbocycles. The molecular weight excluding hydrogens is 354 g/mol. The molecule has 2 amide bonds. The fraction of sp³-hybridized carbons (Fsp3) is 0.409. The van der Waals surface area contributed by atoms with Gasteiger partial charge in [0.1, 0.15) is 0 Å². The van der Waals surface area contributed by atoms with E-state index in [2.05, 4.69) is 22.3 Å². The van der Waals surface area contributed by atoms with Gasteiger partial charge in [0.15, 0.2) is 11.5 Å². The van der Waals surface area contributed by atoms with Crippen LogP contribution in [-0.4, -0.2) is 44.8 Å². The first kappa shape index (κ1) is 18.5. The Morgan fingerprint density at radius 3 is 2.21 bits per heavy atom. The van der Waals surface area contributed by atoms with E-state index in [9.17, 15) is 4.79 Å². The zero-order valence-corrected chi connectivity index (χ0v) is 16.5. The van der Waals surface area contributed by atoms with E-state index in [1.807, 2.05) is 29.2 Å². The van der Waals surface area contributed by atoms with E-state index in [-0.39, 0.29) is 6.03 Å². The van der Waals surface area contributed by atoms with Gasteiger partial charge in [0.05, 0.1) is 14.2 Å². The predicted octanol–water partition coefficient (Wildman–Crippen LogP) is 3.89. The van der Waals surface area contributed by atoms with Gasteiger partial charge in [-0.2, -0.15) is 0 Å². The maximum absolute atomic E-state index is 12.7. The zero-order chi connectivity index (χ0) is 19.5. The molecule has 4 rings (SSSR count). The summed E-state index contributed by atoms with van der Waals surface area (Å²) in [5, 5.41) is 3.02. The lowest BCUT2D eigenvalue weighted by Crippen LogP contribution is -2.38. The molecule has 2 aromatic rings. The van der Waals surface area contributed by atoms with E-state index in [0.29, 0.717) is 18.8 Å². The van der Waals surface area contributed by atoms with E-state index in [1.54, 1.807) is 14.2 Å². The first-order chi connectivity index (χ1) is 13.7. The largest absolute Gasteiger partial charge is 0.493 e. The number of rotatable bonds is 4. The number of anilines is 2. The molecule has 2 aliphatic heterocycles. The average molecular weight is 381 g/mol. The first-order valence-corrected chi connectivity index (χ1v) is 9.82. The Bertz CT molecular complexity index is 845. The van der Waals surface area contributed by atoms with Crippen molar-refractivity contribution in [2.24, 2.45) is 0 Å². The van der Waals surface area contributed by atoms with E-state index < -0.39 is 0 Å². The predicted molar refractivity (Wildman–Crippen MR) is 111 cm³/mol. The highest BCUT2D eigenvalue weighted by Gasteiger charge is 2.23. The number of hydrogen-bond donors (Lipinski definition) is 1. The Labute approximate surface area is 166 Å². The Morgan fingerprint density at radius 2 is 1.57 bits per heavy atom. The quantitative estimate of drug-likeness (QED) is 0.873. The molecule has 0 bridgehead atoms. The molecule has 0 aromatic heterocycles. The van der Waals surface area contributed by atoms with Crippen LogP contribution in [0.15, 0.2) is 36.4 Å². The van der Waals surface area contributed by atoms with Crippen molar-refractivity contribution in [1.29, 1.82) is 0 Å². The lowest BCUT2D eigenvalue weighted by Gasteiger charge is -2.29. The molecule has 2 heterocycles. The highest BCUT2D eigenvalue weighted by atomic mass is 16.5. The van der Waals surface area contributed by atoms with Crippen molar-refractivity contribution in [3.05, 3.63) is 47.5 Å². The molecule has 28 heavy (non-hydrogen) atoms. The van der Waals surface area contributed by atoms with Gasteiger partial charge >= 0.3 is 6.03 Å². The van der Waals surface area contributed by atoms with Gasteiger partial charge in [-0.1, -0.05) is 0 Å². The summed E-state index contributed by atoms with van der Waals surface area (Å²) in [6.45, 7) is 3.48. The number of urea groups is 1. The highest BCUT2D eigenvalue weighted by molar-refractivity contribution is 5.89. The van der Waals surface area contributed by atoms with Gasteiger partial charge in [0, 0.05) is 37.6 Å². The van der Waals surface area contributed by atoms with Gasteiger partial charge in [0.2, 0.25) is 0 Å². The van der Waals surface area contributed by atoms with Crippen LogP contribution in [-0.2, 0) is 13.0 Å². The number of hydrogen-bond acceptors (Lipinski definition) is 4. The number of benzene rings is 2. The van der Waals surface area contributed by atoms with Crippen LogP contribution in [0.4, 0.5) is 16.2 Å². The molecule has 148 valence electrons. The van der Waals surface area contributed by atoms with Gasteiger partial charge < -0.3 is 24.6 Å². The van der Waals surface area contributed by atoms with E-state index in [1.165, 1.54) is 24.1 Å². The normalized spacial score (nSPS) is 15.9. The van der Waals surface area contributed by atoms with Crippen LogP contribution in [0.2, 0.25) is 0 Å². The minimum absolute atomic E-state index is 0.0747. The van der Waals surface area contributed by atoms with Gasteiger partial charge in [-0.25, -0.2) is 4.79 Å². The van der Waals surface area contributed by atoms with Crippen LogP contribution < -0.4 is 19.7 Å². The van der Waals surface area contributed by atoms with E-state index in [4.69, 9.17) is 9.47 Å². The number of ether oxygens (including phenoxy) is 2. The number of nitrogens with zero attached hydrogens (tertiary/aromatic N) is 2. The van der Waals surface area contributed by atoms with Crippen LogP contribution in [0.1, 0.15) is 24.0 Å². The Balaban J connectivity index is 1.42. The van der Waals surface area contributed by atoms with Crippen molar-refractivity contribution in [3.63, 3.8) is 0 Å². The molecule has 1 saturated heterocycles. The van der Waals surface area contributed by atoms with Crippen LogP contribution in [0, 0.1) is 0 Å². The molecule has 6 heteroatoms. The molecule has 0 spiro atoms. The SMILES string of the molecule is COc1cc2c(cc1OC)CN(C(=O)Nc1ccc(N3CCCC3)cc1)CC2. The zero-order valence-electron chi connectivity index (χ0n) is 16.5. The Morgan fingerprint density at radius 1 is 0.929 bits per heavy atom. The Hall–Kier alpha value is -2.89. The lowest BCUT2D eigenvalue weighted by atomic mass is 9.99. The fourth-order valence-electron chi connectivity index (χ4n) is 3.99. The number of carbonyl (C=O) groups excluding carboxylic acids is 1. The lowest BCUT2D eigenvalue weighted by molar-refractivity contribution is 0.206. The van der Waals surface area contributed by atoms with Crippen LogP contribution in [0.25, 0.3) is 0 Å². The third kappa shape index (κ3) is 3.72. The summed E-state index contributed by atoms with van der Waals surface area (Å²) in [7, 11) is 3.27. The van der Waals surface area contributed by atoms with Crippen LogP contribution >= 0.6 is 0 Å². The standard InChI is InChI=1S/C22H27N3O3/c1-27-20-13-16-9-12-25(15-17(16)14-21(20)28-2)22(26)23-18-5-7-19(8-6-18)24-10-3-4-11-24/h5-8,13-14H,3-4,9-12,15H2,1-2H3,(H,23,26).